The standard InChI is InChI=1S/C21H24N2O4S2/c1-3-4-12-27-14-10-8-13(9-11-14)18(24)22-21(28)23-19-17(20(25)26-2)15-6-5-7-16(15)29-19/h8-11H,3-7,12H2,1-2H3,(H2,22,23,24,28). The Morgan fingerprint density at radius 3 is 2.66 bits per heavy atom. The fourth-order valence-electron chi connectivity index (χ4n) is 3.16. The molecule has 0 saturated carbocycles. The van der Waals surface area contributed by atoms with Gasteiger partial charge in [0.1, 0.15) is 10.8 Å². The highest BCUT2D eigenvalue weighted by molar-refractivity contribution is 7.80. The van der Waals surface area contributed by atoms with Crippen LogP contribution < -0.4 is 15.4 Å². The van der Waals surface area contributed by atoms with E-state index in [1.807, 2.05) is 0 Å². The van der Waals surface area contributed by atoms with Crippen molar-refractivity contribution in [3.05, 3.63) is 45.8 Å². The van der Waals surface area contributed by atoms with Crippen LogP contribution in [0, 0.1) is 0 Å². The van der Waals surface area contributed by atoms with E-state index in [1.54, 1.807) is 24.3 Å². The Kier molecular flexibility index (Phi) is 7.22. The number of carbonyl (C=O) groups excluding carboxylic acids is 2. The molecular formula is C21H24N2O4S2. The fraction of sp³-hybridized carbons (Fsp3) is 0.381. The number of methoxy groups -OCH3 is 1. The van der Waals surface area contributed by atoms with Gasteiger partial charge in [-0.1, -0.05) is 13.3 Å². The van der Waals surface area contributed by atoms with Crippen LogP contribution in [-0.4, -0.2) is 30.7 Å². The van der Waals surface area contributed by atoms with E-state index in [0.29, 0.717) is 22.7 Å². The quantitative estimate of drug-likeness (QED) is 0.385. The highest BCUT2D eigenvalue weighted by atomic mass is 32.1. The van der Waals surface area contributed by atoms with E-state index in [4.69, 9.17) is 21.7 Å². The van der Waals surface area contributed by atoms with Crippen molar-refractivity contribution in [2.45, 2.75) is 39.0 Å². The van der Waals surface area contributed by atoms with Gasteiger partial charge in [0.15, 0.2) is 5.11 Å². The second-order valence-electron chi connectivity index (χ2n) is 6.69. The first-order valence-corrected chi connectivity index (χ1v) is 10.8. The van der Waals surface area contributed by atoms with Crippen LogP contribution in [0.3, 0.4) is 0 Å². The van der Waals surface area contributed by atoms with E-state index >= 15 is 0 Å². The number of hydrogen-bond donors (Lipinski definition) is 2. The van der Waals surface area contributed by atoms with E-state index in [9.17, 15) is 9.59 Å². The first kappa shape index (κ1) is 21.3. The summed E-state index contributed by atoms with van der Waals surface area (Å²) in [5, 5.41) is 6.41. The minimum absolute atomic E-state index is 0.142. The van der Waals surface area contributed by atoms with E-state index in [0.717, 1.165) is 43.4 Å². The molecule has 8 heteroatoms. The lowest BCUT2D eigenvalue weighted by Crippen LogP contribution is -2.34. The monoisotopic (exact) mass is 432 g/mol. The number of fused-ring (bicyclic) bond motifs is 1. The van der Waals surface area contributed by atoms with Crippen molar-refractivity contribution in [2.75, 3.05) is 19.0 Å². The van der Waals surface area contributed by atoms with Gasteiger partial charge in [-0.3, -0.25) is 10.1 Å². The Labute approximate surface area is 179 Å². The summed E-state index contributed by atoms with van der Waals surface area (Å²) in [6, 6.07) is 6.91. The van der Waals surface area contributed by atoms with Gasteiger partial charge in [0.2, 0.25) is 0 Å². The third kappa shape index (κ3) is 5.13. The summed E-state index contributed by atoms with van der Waals surface area (Å²) < 4.78 is 10.5. The van der Waals surface area contributed by atoms with Crippen LogP contribution in [0.25, 0.3) is 0 Å². The molecule has 0 aliphatic heterocycles. The van der Waals surface area contributed by atoms with E-state index in [2.05, 4.69) is 17.6 Å². The molecule has 0 unspecified atom stereocenters. The highest BCUT2D eigenvalue weighted by Crippen LogP contribution is 2.39. The fourth-order valence-corrected chi connectivity index (χ4v) is 4.70. The molecule has 0 bridgehead atoms. The van der Waals surface area contributed by atoms with Crippen LogP contribution >= 0.6 is 23.6 Å². The lowest BCUT2D eigenvalue weighted by molar-refractivity contribution is 0.0601. The van der Waals surface area contributed by atoms with Gasteiger partial charge in [0.25, 0.3) is 5.91 Å². The molecule has 1 aliphatic carbocycles. The Hall–Kier alpha value is -2.45. The first-order valence-electron chi connectivity index (χ1n) is 9.61. The number of aryl methyl sites for hydroxylation is 1. The van der Waals surface area contributed by atoms with Gasteiger partial charge < -0.3 is 14.8 Å². The minimum atomic E-state index is -0.389. The molecule has 2 aromatic rings. The Morgan fingerprint density at radius 1 is 1.21 bits per heavy atom. The topological polar surface area (TPSA) is 76.7 Å². The molecule has 1 amide bonds. The third-order valence-corrected chi connectivity index (χ3v) is 6.06. The zero-order valence-corrected chi connectivity index (χ0v) is 18.1. The average Bonchev–Trinajstić information content (AvgIpc) is 3.28. The van der Waals surface area contributed by atoms with Crippen molar-refractivity contribution in [1.29, 1.82) is 0 Å². The summed E-state index contributed by atoms with van der Waals surface area (Å²) in [5.41, 5.74) is 2.02. The number of benzene rings is 1. The lowest BCUT2D eigenvalue weighted by Gasteiger charge is -2.11. The van der Waals surface area contributed by atoms with Gasteiger partial charge in [-0.25, -0.2) is 4.79 Å². The molecular weight excluding hydrogens is 408 g/mol. The molecule has 0 saturated heterocycles. The largest absolute Gasteiger partial charge is 0.494 e. The summed E-state index contributed by atoms with van der Waals surface area (Å²) in [6.07, 6.45) is 4.88. The second-order valence-corrected chi connectivity index (χ2v) is 8.20. The van der Waals surface area contributed by atoms with Gasteiger partial charge in [-0.05, 0) is 67.7 Å². The number of carbonyl (C=O) groups is 2. The number of anilines is 1. The zero-order chi connectivity index (χ0) is 20.8. The van der Waals surface area contributed by atoms with Crippen molar-refractivity contribution in [3.63, 3.8) is 0 Å². The van der Waals surface area contributed by atoms with Gasteiger partial charge in [0, 0.05) is 10.4 Å². The smallest absolute Gasteiger partial charge is 0.341 e. The molecule has 154 valence electrons. The number of esters is 1. The van der Waals surface area contributed by atoms with Gasteiger partial charge in [-0.15, -0.1) is 11.3 Å². The van der Waals surface area contributed by atoms with E-state index in [-0.39, 0.29) is 17.0 Å². The molecule has 0 spiro atoms. The molecule has 1 aromatic heterocycles. The van der Waals surface area contributed by atoms with Crippen molar-refractivity contribution in [3.8, 4) is 5.75 Å². The summed E-state index contributed by atoms with van der Waals surface area (Å²) in [5.74, 6) is 0.0116. The summed E-state index contributed by atoms with van der Waals surface area (Å²) >= 11 is 6.77. The number of rotatable bonds is 7. The van der Waals surface area contributed by atoms with Crippen LogP contribution in [0.15, 0.2) is 24.3 Å². The number of ether oxygens (including phenoxy) is 2. The predicted octanol–water partition coefficient (Wildman–Crippen LogP) is 4.33. The van der Waals surface area contributed by atoms with Gasteiger partial charge in [0.05, 0.1) is 19.3 Å². The van der Waals surface area contributed by atoms with Gasteiger partial charge >= 0.3 is 5.97 Å². The lowest BCUT2D eigenvalue weighted by atomic mass is 10.1. The molecule has 1 aromatic carbocycles. The number of nitrogens with one attached hydrogen (secondary N) is 2. The van der Waals surface area contributed by atoms with Crippen LogP contribution in [0.1, 0.15) is 57.3 Å². The molecule has 3 rings (SSSR count). The Balaban J connectivity index is 1.62. The van der Waals surface area contributed by atoms with Crippen LogP contribution in [-0.2, 0) is 17.6 Å². The zero-order valence-electron chi connectivity index (χ0n) is 16.5. The maximum Gasteiger partial charge on any atom is 0.341 e. The Bertz CT molecular complexity index is 906. The summed E-state index contributed by atoms with van der Waals surface area (Å²) in [7, 11) is 1.36. The number of unbranched alkanes of at least 4 members (excludes halogenated alkanes) is 1. The maximum absolute atomic E-state index is 12.5. The van der Waals surface area contributed by atoms with Gasteiger partial charge in [-0.2, -0.15) is 0 Å². The molecule has 1 heterocycles. The molecule has 2 N–H and O–H groups in total. The van der Waals surface area contributed by atoms with Crippen molar-refractivity contribution in [1.82, 2.24) is 5.32 Å². The number of hydrogen-bond acceptors (Lipinski definition) is 6. The Morgan fingerprint density at radius 2 is 1.97 bits per heavy atom. The molecule has 29 heavy (non-hydrogen) atoms. The third-order valence-electron chi connectivity index (χ3n) is 4.65. The van der Waals surface area contributed by atoms with E-state index < -0.39 is 0 Å². The highest BCUT2D eigenvalue weighted by Gasteiger charge is 2.27. The average molecular weight is 433 g/mol. The molecule has 6 nitrogen and oxygen atoms in total. The van der Waals surface area contributed by atoms with Crippen LogP contribution in [0.5, 0.6) is 5.75 Å². The second kappa shape index (κ2) is 9.84. The van der Waals surface area contributed by atoms with Crippen molar-refractivity contribution < 1.29 is 19.1 Å². The van der Waals surface area contributed by atoms with Crippen molar-refractivity contribution >= 4 is 45.5 Å². The maximum atomic E-state index is 12.5. The number of thiocarbonyl (C=S) groups is 1. The molecule has 1 aliphatic rings. The minimum Gasteiger partial charge on any atom is -0.494 e. The predicted molar refractivity (Wildman–Crippen MR) is 118 cm³/mol. The molecule has 0 radical (unpaired) electrons. The van der Waals surface area contributed by atoms with Crippen LogP contribution in [0.4, 0.5) is 5.00 Å². The molecule has 0 atom stereocenters. The number of amides is 1. The van der Waals surface area contributed by atoms with Crippen LogP contribution in [0.2, 0.25) is 0 Å². The SMILES string of the molecule is CCCCOc1ccc(C(=O)NC(=S)Nc2sc3c(c2C(=O)OC)CCC3)cc1. The summed E-state index contributed by atoms with van der Waals surface area (Å²) in [4.78, 5) is 25.8. The normalized spacial score (nSPS) is 12.2. The molecule has 0 fully saturated rings. The number of thiophene rings is 1. The van der Waals surface area contributed by atoms with Crippen molar-refractivity contribution in [2.24, 2.45) is 0 Å². The van der Waals surface area contributed by atoms with E-state index in [1.165, 1.54) is 23.3 Å². The first-order chi connectivity index (χ1) is 14.0. The summed E-state index contributed by atoms with van der Waals surface area (Å²) in [6.45, 7) is 2.76.